The van der Waals surface area contributed by atoms with E-state index in [2.05, 4.69) is 9.50 Å². The van der Waals surface area contributed by atoms with E-state index in [4.69, 9.17) is 16.2 Å². The van der Waals surface area contributed by atoms with Gasteiger partial charge in [-0.1, -0.05) is 11.6 Å². The molecule has 0 fully saturated rings. The summed E-state index contributed by atoms with van der Waals surface area (Å²) in [5.74, 6) is -1.30. The van der Waals surface area contributed by atoms with Gasteiger partial charge in [0.25, 0.3) is 5.91 Å². The van der Waals surface area contributed by atoms with Gasteiger partial charge >= 0.3 is 10.4 Å². The average molecular weight is 284 g/mol. The summed E-state index contributed by atoms with van der Waals surface area (Å²) in [4.78, 5) is 10.7. The average Bonchev–Trinajstić information content (AvgIpc) is 2.21. The number of halogens is 2. The lowest BCUT2D eigenvalue weighted by molar-refractivity contribution is -0.117. The highest BCUT2D eigenvalue weighted by Crippen LogP contribution is 2.28. The Bertz CT molecular complexity index is 533. The van der Waals surface area contributed by atoms with Crippen LogP contribution >= 0.6 is 11.6 Å². The number of hydrogen-bond acceptors (Lipinski definition) is 4. The van der Waals surface area contributed by atoms with Crippen molar-refractivity contribution in [3.8, 4) is 5.75 Å². The molecule has 0 aliphatic carbocycles. The molecule has 1 rings (SSSR count). The number of carbonyl (C=O) groups is 1. The normalized spacial score (nSPS) is 11.0. The predicted octanol–water partition coefficient (Wildman–Crippen LogP) is 1.43. The van der Waals surface area contributed by atoms with Gasteiger partial charge in [0.15, 0.2) is 12.4 Å². The largest absolute Gasteiger partial charge is 0.446 e. The highest BCUT2D eigenvalue weighted by Gasteiger charge is 2.12. The van der Waals surface area contributed by atoms with E-state index >= 15 is 0 Å². The van der Waals surface area contributed by atoms with Gasteiger partial charge in [-0.3, -0.25) is 9.35 Å². The van der Waals surface area contributed by atoms with Crippen LogP contribution in [0.4, 0.5) is 10.1 Å². The van der Waals surface area contributed by atoms with Crippen LogP contribution < -0.4 is 9.50 Å². The molecule has 0 heterocycles. The molecule has 0 unspecified atom stereocenters. The molecule has 0 saturated heterocycles. The van der Waals surface area contributed by atoms with Crippen molar-refractivity contribution in [3.63, 3.8) is 0 Å². The standard InChI is InChI=1S/C8H7ClFNO5S/c9-6-2-1-5(11-8(12)4-10)3-7(6)16-17(13,14)15/h1-3H,4H2,(H,11,12)(H,13,14,15). The molecule has 0 atom stereocenters. The van der Waals surface area contributed by atoms with Crippen molar-refractivity contribution in [3.05, 3.63) is 23.2 Å². The zero-order chi connectivity index (χ0) is 13.1. The first kappa shape index (κ1) is 13.7. The summed E-state index contributed by atoms with van der Waals surface area (Å²) in [7, 11) is -4.72. The van der Waals surface area contributed by atoms with Crippen LogP contribution in [0.5, 0.6) is 5.75 Å². The number of alkyl halides is 1. The van der Waals surface area contributed by atoms with Gasteiger partial charge in [-0.25, -0.2) is 4.39 Å². The molecular formula is C8H7ClFNO5S. The van der Waals surface area contributed by atoms with E-state index in [1.54, 1.807) is 0 Å². The molecular weight excluding hydrogens is 277 g/mol. The monoisotopic (exact) mass is 283 g/mol. The maximum Gasteiger partial charge on any atom is 0.446 e. The molecule has 0 radical (unpaired) electrons. The first-order valence-corrected chi connectivity index (χ1v) is 5.88. The zero-order valence-electron chi connectivity index (χ0n) is 8.18. The van der Waals surface area contributed by atoms with Crippen LogP contribution in [0.15, 0.2) is 18.2 Å². The number of benzene rings is 1. The summed E-state index contributed by atoms with van der Waals surface area (Å²) in [5, 5.41) is 2.02. The number of anilines is 1. The van der Waals surface area contributed by atoms with Crippen LogP contribution in [-0.4, -0.2) is 25.6 Å². The third kappa shape index (κ3) is 4.55. The van der Waals surface area contributed by atoms with Gasteiger partial charge in [0, 0.05) is 11.8 Å². The molecule has 9 heteroatoms. The van der Waals surface area contributed by atoms with Crippen LogP contribution in [0.2, 0.25) is 5.02 Å². The van der Waals surface area contributed by atoms with Gasteiger partial charge in [0.1, 0.15) is 0 Å². The Morgan fingerprint density at radius 1 is 1.53 bits per heavy atom. The van der Waals surface area contributed by atoms with E-state index in [-0.39, 0.29) is 16.5 Å². The molecule has 0 spiro atoms. The lowest BCUT2D eigenvalue weighted by atomic mass is 10.3. The first-order chi connectivity index (χ1) is 7.81. The van der Waals surface area contributed by atoms with E-state index in [1.807, 2.05) is 0 Å². The van der Waals surface area contributed by atoms with Crippen LogP contribution in [0.1, 0.15) is 0 Å². The van der Waals surface area contributed by atoms with Crippen molar-refractivity contribution in [1.82, 2.24) is 0 Å². The third-order valence-electron chi connectivity index (χ3n) is 1.53. The maximum atomic E-state index is 11.9. The molecule has 1 aromatic rings. The Morgan fingerprint density at radius 2 is 2.18 bits per heavy atom. The minimum Gasteiger partial charge on any atom is -0.360 e. The Hall–Kier alpha value is -1.38. The molecule has 2 N–H and O–H groups in total. The minimum absolute atomic E-state index is 0.0794. The van der Waals surface area contributed by atoms with E-state index in [0.717, 1.165) is 6.07 Å². The van der Waals surface area contributed by atoms with Crippen LogP contribution in [-0.2, 0) is 15.2 Å². The van der Waals surface area contributed by atoms with Crippen molar-refractivity contribution in [2.75, 3.05) is 12.0 Å². The van der Waals surface area contributed by atoms with E-state index in [0.29, 0.717) is 0 Å². The molecule has 1 amide bonds. The Morgan fingerprint density at radius 3 is 2.71 bits per heavy atom. The highest BCUT2D eigenvalue weighted by molar-refractivity contribution is 7.81. The van der Waals surface area contributed by atoms with Crippen molar-refractivity contribution >= 4 is 33.6 Å². The number of amides is 1. The quantitative estimate of drug-likeness (QED) is 0.816. The van der Waals surface area contributed by atoms with E-state index in [9.17, 15) is 17.6 Å². The summed E-state index contributed by atoms with van der Waals surface area (Å²) in [5.41, 5.74) is 0.0794. The summed E-state index contributed by atoms with van der Waals surface area (Å²) in [6, 6.07) is 3.56. The molecule has 0 aliphatic rings. The topological polar surface area (TPSA) is 92.7 Å². The minimum atomic E-state index is -4.72. The molecule has 0 aliphatic heterocycles. The Labute approximate surface area is 101 Å². The predicted molar refractivity (Wildman–Crippen MR) is 58.2 cm³/mol. The van der Waals surface area contributed by atoms with Crippen molar-refractivity contribution < 1.29 is 26.3 Å². The summed E-state index contributed by atoms with van der Waals surface area (Å²) < 4.78 is 45.5. The second-order valence-electron chi connectivity index (χ2n) is 2.84. The fourth-order valence-corrected chi connectivity index (χ4v) is 1.52. The van der Waals surface area contributed by atoms with Crippen molar-refractivity contribution in [2.45, 2.75) is 0 Å². The van der Waals surface area contributed by atoms with Crippen molar-refractivity contribution in [1.29, 1.82) is 0 Å². The number of hydrogen-bond donors (Lipinski definition) is 2. The summed E-state index contributed by atoms with van der Waals surface area (Å²) in [6.07, 6.45) is 0. The fourth-order valence-electron chi connectivity index (χ4n) is 0.953. The number of carbonyl (C=O) groups excluding carboxylic acids is 1. The second kappa shape index (κ2) is 5.30. The first-order valence-electron chi connectivity index (χ1n) is 4.14. The number of rotatable bonds is 4. The summed E-state index contributed by atoms with van der Waals surface area (Å²) >= 11 is 5.59. The Balaban J connectivity index is 2.98. The van der Waals surface area contributed by atoms with Crippen LogP contribution in [0.3, 0.4) is 0 Å². The van der Waals surface area contributed by atoms with Gasteiger partial charge in [0.2, 0.25) is 0 Å². The second-order valence-corrected chi connectivity index (χ2v) is 4.27. The van der Waals surface area contributed by atoms with Crippen LogP contribution in [0, 0.1) is 0 Å². The molecule has 0 saturated carbocycles. The highest BCUT2D eigenvalue weighted by atomic mass is 35.5. The van der Waals surface area contributed by atoms with E-state index < -0.39 is 23.0 Å². The Kier molecular flexibility index (Phi) is 4.27. The molecule has 94 valence electrons. The van der Waals surface area contributed by atoms with Crippen LogP contribution in [0.25, 0.3) is 0 Å². The van der Waals surface area contributed by atoms with Gasteiger partial charge in [-0.15, -0.1) is 0 Å². The maximum absolute atomic E-state index is 11.9. The SMILES string of the molecule is O=C(CF)Nc1ccc(Cl)c(OS(=O)(=O)O)c1. The van der Waals surface area contributed by atoms with E-state index in [1.165, 1.54) is 12.1 Å². The van der Waals surface area contributed by atoms with Gasteiger partial charge < -0.3 is 9.50 Å². The van der Waals surface area contributed by atoms with Gasteiger partial charge in [0.05, 0.1) is 5.02 Å². The van der Waals surface area contributed by atoms with Crippen molar-refractivity contribution in [2.24, 2.45) is 0 Å². The smallest absolute Gasteiger partial charge is 0.360 e. The number of nitrogens with one attached hydrogen (secondary N) is 1. The summed E-state index contributed by atoms with van der Waals surface area (Å²) in [6.45, 7) is -1.23. The lowest BCUT2D eigenvalue weighted by Gasteiger charge is -2.07. The molecule has 0 aromatic heterocycles. The molecule has 17 heavy (non-hydrogen) atoms. The zero-order valence-corrected chi connectivity index (χ0v) is 9.76. The van der Waals surface area contributed by atoms with Gasteiger partial charge in [-0.05, 0) is 12.1 Å². The molecule has 6 nitrogen and oxygen atoms in total. The molecule has 0 bridgehead atoms. The van der Waals surface area contributed by atoms with Gasteiger partial charge in [-0.2, -0.15) is 8.42 Å². The third-order valence-corrected chi connectivity index (χ3v) is 2.23. The molecule has 1 aromatic carbocycles. The fraction of sp³-hybridized carbons (Fsp3) is 0.125. The lowest BCUT2D eigenvalue weighted by Crippen LogP contribution is -2.13.